The minimum atomic E-state index is 0.578. The maximum Gasteiger partial charge on any atom is 0.0994 e. The average molecular weight is 183 g/mol. The van der Waals surface area contributed by atoms with Crippen LogP contribution in [0, 0.1) is 17.2 Å². The van der Waals surface area contributed by atoms with Crippen molar-refractivity contribution in [3.8, 4) is 6.07 Å². The summed E-state index contributed by atoms with van der Waals surface area (Å²) in [5, 5.41) is 8.95. The average Bonchev–Trinajstić information content (AvgIpc) is 2.60. The van der Waals surface area contributed by atoms with Gasteiger partial charge in [-0.3, -0.25) is 0 Å². The van der Waals surface area contributed by atoms with E-state index in [9.17, 15) is 0 Å². The maximum absolute atomic E-state index is 8.95. The molecular formula is C13H13N. The van der Waals surface area contributed by atoms with Gasteiger partial charge in [-0.05, 0) is 29.5 Å². The summed E-state index contributed by atoms with van der Waals surface area (Å²) in [6.45, 7) is 4.40. The summed E-state index contributed by atoms with van der Waals surface area (Å²) in [7, 11) is 0. The molecule has 1 aromatic carbocycles. The summed E-state index contributed by atoms with van der Waals surface area (Å²) in [6.07, 6.45) is 3.18. The van der Waals surface area contributed by atoms with E-state index in [0.717, 1.165) is 12.0 Å². The Morgan fingerprint density at radius 1 is 1.36 bits per heavy atom. The van der Waals surface area contributed by atoms with Crippen molar-refractivity contribution in [3.63, 3.8) is 0 Å². The quantitative estimate of drug-likeness (QED) is 0.656. The predicted octanol–water partition coefficient (Wildman–Crippen LogP) is 3.15. The molecule has 14 heavy (non-hydrogen) atoms. The topological polar surface area (TPSA) is 23.8 Å². The number of nitrogens with zero attached hydrogens (tertiary/aromatic N) is 1. The second kappa shape index (κ2) is 3.31. The summed E-state index contributed by atoms with van der Waals surface area (Å²) in [5.41, 5.74) is 4.70. The third-order valence-corrected chi connectivity index (χ3v) is 2.80. The largest absolute Gasteiger partial charge is 0.192 e. The molecular weight excluding hydrogens is 170 g/mol. The second-order valence-corrected chi connectivity index (χ2v) is 4.04. The van der Waals surface area contributed by atoms with Crippen molar-refractivity contribution in [2.75, 3.05) is 0 Å². The van der Waals surface area contributed by atoms with Crippen LogP contribution in [0.5, 0.6) is 0 Å². The molecule has 2 rings (SSSR count). The van der Waals surface area contributed by atoms with Gasteiger partial charge in [-0.15, -0.1) is 0 Å². The lowest BCUT2D eigenvalue weighted by Gasteiger charge is -2.05. The van der Waals surface area contributed by atoms with Crippen LogP contribution in [0.4, 0.5) is 0 Å². The van der Waals surface area contributed by atoms with E-state index in [1.807, 2.05) is 12.1 Å². The van der Waals surface area contributed by atoms with Gasteiger partial charge in [0.2, 0.25) is 0 Å². The zero-order valence-electron chi connectivity index (χ0n) is 8.54. The van der Waals surface area contributed by atoms with Gasteiger partial charge in [0.05, 0.1) is 11.6 Å². The van der Waals surface area contributed by atoms with Gasteiger partial charge in [0, 0.05) is 0 Å². The molecule has 0 atom stereocenters. The molecule has 1 aromatic rings. The van der Waals surface area contributed by atoms with Crippen molar-refractivity contribution in [2.24, 2.45) is 5.92 Å². The highest BCUT2D eigenvalue weighted by molar-refractivity contribution is 5.67. The summed E-state index contributed by atoms with van der Waals surface area (Å²) >= 11 is 0. The summed E-state index contributed by atoms with van der Waals surface area (Å²) in [5.74, 6) is 0.578. The molecule has 0 N–H and O–H groups in total. The molecule has 0 saturated carbocycles. The number of hydrogen-bond acceptors (Lipinski definition) is 1. The number of fused-ring (bicyclic) bond motifs is 1. The Morgan fingerprint density at radius 3 is 2.79 bits per heavy atom. The normalized spacial score (nSPS) is 13.7. The minimum absolute atomic E-state index is 0.578. The number of allylic oxidation sites excluding steroid dienone is 1. The molecule has 0 aromatic heterocycles. The molecule has 1 nitrogen and oxygen atoms in total. The van der Waals surface area contributed by atoms with Crippen LogP contribution in [0.2, 0.25) is 0 Å². The Hall–Kier alpha value is -1.55. The molecule has 0 radical (unpaired) electrons. The highest BCUT2D eigenvalue weighted by Crippen LogP contribution is 2.31. The zero-order valence-corrected chi connectivity index (χ0v) is 8.54. The van der Waals surface area contributed by atoms with Crippen molar-refractivity contribution in [3.05, 3.63) is 40.5 Å². The van der Waals surface area contributed by atoms with E-state index in [2.05, 4.69) is 32.1 Å². The highest BCUT2D eigenvalue weighted by atomic mass is 14.3. The molecule has 70 valence electrons. The van der Waals surface area contributed by atoms with E-state index < -0.39 is 0 Å². The molecule has 0 heterocycles. The molecule has 1 heteroatoms. The fourth-order valence-electron chi connectivity index (χ4n) is 1.87. The van der Waals surface area contributed by atoms with Gasteiger partial charge >= 0.3 is 0 Å². The Morgan fingerprint density at radius 2 is 2.14 bits per heavy atom. The van der Waals surface area contributed by atoms with Crippen LogP contribution in [0.25, 0.3) is 6.08 Å². The molecule has 0 amide bonds. The lowest BCUT2D eigenvalue weighted by atomic mass is 9.99. The fourth-order valence-corrected chi connectivity index (χ4v) is 1.87. The molecule has 0 saturated heterocycles. The van der Waals surface area contributed by atoms with Crippen LogP contribution < -0.4 is 0 Å². The van der Waals surface area contributed by atoms with Crippen LogP contribution in [-0.2, 0) is 6.42 Å². The first-order valence-corrected chi connectivity index (χ1v) is 4.95. The summed E-state index contributed by atoms with van der Waals surface area (Å²) < 4.78 is 0. The van der Waals surface area contributed by atoms with E-state index >= 15 is 0 Å². The van der Waals surface area contributed by atoms with Gasteiger partial charge in [-0.1, -0.05) is 37.6 Å². The van der Waals surface area contributed by atoms with E-state index in [-0.39, 0.29) is 0 Å². The molecule has 0 bridgehead atoms. The molecule has 0 aliphatic heterocycles. The Bertz CT molecular complexity index is 433. The van der Waals surface area contributed by atoms with Crippen LogP contribution in [0.15, 0.2) is 23.8 Å². The first-order chi connectivity index (χ1) is 6.72. The van der Waals surface area contributed by atoms with E-state index in [1.54, 1.807) is 0 Å². The zero-order chi connectivity index (χ0) is 10.1. The first kappa shape index (κ1) is 9.02. The Balaban J connectivity index is 2.45. The van der Waals surface area contributed by atoms with Crippen molar-refractivity contribution in [1.82, 2.24) is 0 Å². The number of rotatable bonds is 1. The lowest BCUT2D eigenvalue weighted by molar-refractivity contribution is 0.754. The van der Waals surface area contributed by atoms with Crippen LogP contribution >= 0.6 is 0 Å². The van der Waals surface area contributed by atoms with Gasteiger partial charge in [-0.25, -0.2) is 0 Å². The second-order valence-electron chi connectivity index (χ2n) is 4.04. The van der Waals surface area contributed by atoms with E-state index in [1.165, 1.54) is 16.7 Å². The third kappa shape index (κ3) is 1.33. The summed E-state index contributed by atoms with van der Waals surface area (Å²) in [6, 6.07) is 8.20. The number of hydrogen-bond donors (Lipinski definition) is 0. The van der Waals surface area contributed by atoms with Crippen LogP contribution in [0.1, 0.15) is 30.5 Å². The van der Waals surface area contributed by atoms with Crippen molar-refractivity contribution in [1.29, 1.82) is 5.26 Å². The monoisotopic (exact) mass is 183 g/mol. The fraction of sp³-hybridized carbons (Fsp3) is 0.308. The molecule has 1 aliphatic rings. The van der Waals surface area contributed by atoms with Gasteiger partial charge in [-0.2, -0.15) is 5.26 Å². The van der Waals surface area contributed by atoms with Gasteiger partial charge in [0.25, 0.3) is 0 Å². The van der Waals surface area contributed by atoms with Gasteiger partial charge in [0.1, 0.15) is 0 Å². The summed E-state index contributed by atoms with van der Waals surface area (Å²) in [4.78, 5) is 0. The third-order valence-electron chi connectivity index (χ3n) is 2.80. The standard InChI is InChI=1S/C13H13N/c1-9(2)12-6-10-4-3-5-11(8-14)13(10)7-12/h3-6,9H,7H2,1-2H3. The predicted molar refractivity (Wildman–Crippen MR) is 57.7 cm³/mol. The van der Waals surface area contributed by atoms with E-state index in [0.29, 0.717) is 5.92 Å². The Kier molecular flexibility index (Phi) is 2.13. The molecule has 1 aliphatic carbocycles. The smallest absolute Gasteiger partial charge is 0.0994 e. The maximum atomic E-state index is 8.95. The number of benzene rings is 1. The first-order valence-electron chi connectivity index (χ1n) is 4.95. The van der Waals surface area contributed by atoms with Crippen LogP contribution in [0.3, 0.4) is 0 Å². The lowest BCUT2D eigenvalue weighted by Crippen LogP contribution is -1.95. The molecule has 0 spiro atoms. The van der Waals surface area contributed by atoms with Crippen LogP contribution in [-0.4, -0.2) is 0 Å². The van der Waals surface area contributed by atoms with Gasteiger partial charge < -0.3 is 0 Å². The SMILES string of the molecule is CC(C)C1=Cc2cccc(C#N)c2C1. The van der Waals surface area contributed by atoms with Crippen molar-refractivity contribution >= 4 is 6.08 Å². The highest BCUT2D eigenvalue weighted by Gasteiger charge is 2.17. The molecule has 0 fully saturated rings. The Labute approximate surface area is 84.7 Å². The van der Waals surface area contributed by atoms with Crippen molar-refractivity contribution < 1.29 is 0 Å². The number of nitriles is 1. The van der Waals surface area contributed by atoms with Gasteiger partial charge in [0.15, 0.2) is 0 Å². The van der Waals surface area contributed by atoms with E-state index in [4.69, 9.17) is 5.26 Å². The molecule has 0 unspecified atom stereocenters. The minimum Gasteiger partial charge on any atom is -0.192 e. The van der Waals surface area contributed by atoms with Crippen molar-refractivity contribution in [2.45, 2.75) is 20.3 Å².